The van der Waals surface area contributed by atoms with E-state index >= 15 is 0 Å². The van der Waals surface area contributed by atoms with Gasteiger partial charge in [-0.3, -0.25) is 4.68 Å². The molecule has 8 heteroatoms. The Bertz CT molecular complexity index is 635. The fraction of sp³-hybridized carbons (Fsp3) is 0.182. The molecule has 1 heterocycles. The van der Waals surface area contributed by atoms with Gasteiger partial charge in [0.15, 0.2) is 5.69 Å². The largest absolute Gasteiger partial charge is 0.434 e. The molecule has 0 N–H and O–H groups in total. The van der Waals surface area contributed by atoms with Crippen molar-refractivity contribution in [3.05, 3.63) is 39.0 Å². The third-order valence-electron chi connectivity index (χ3n) is 2.44. The maximum atomic E-state index is 12.8. The summed E-state index contributed by atoms with van der Waals surface area (Å²) in [6, 6.07) is 4.39. The highest BCUT2D eigenvalue weighted by Crippen LogP contribution is 2.41. The monoisotopic (exact) mass is 328 g/mol. The van der Waals surface area contributed by atoms with E-state index in [0.29, 0.717) is 15.3 Å². The van der Waals surface area contributed by atoms with Crippen LogP contribution in [0.15, 0.2) is 18.2 Å². The van der Waals surface area contributed by atoms with Crippen LogP contribution in [0, 0.1) is 0 Å². The average molecular weight is 330 g/mol. The second-order valence-corrected chi connectivity index (χ2v) is 4.98. The van der Waals surface area contributed by atoms with Crippen LogP contribution < -0.4 is 0 Å². The van der Waals surface area contributed by atoms with E-state index in [1.54, 1.807) is 0 Å². The van der Waals surface area contributed by atoms with Gasteiger partial charge in [-0.2, -0.15) is 18.3 Å². The van der Waals surface area contributed by atoms with Gasteiger partial charge in [0.1, 0.15) is 5.69 Å². The second kappa shape index (κ2) is 4.89. The molecule has 0 saturated carbocycles. The minimum Gasteiger partial charge on any atom is -0.262 e. The minimum absolute atomic E-state index is 0.0295. The van der Waals surface area contributed by atoms with Crippen LogP contribution in [-0.4, -0.2) is 9.78 Å². The summed E-state index contributed by atoms with van der Waals surface area (Å²) in [4.78, 5) is 0. The van der Waals surface area contributed by atoms with Crippen molar-refractivity contribution in [3.8, 4) is 11.3 Å². The van der Waals surface area contributed by atoms with Gasteiger partial charge < -0.3 is 0 Å². The Morgan fingerprint density at radius 3 is 2.26 bits per heavy atom. The molecule has 0 amide bonds. The summed E-state index contributed by atoms with van der Waals surface area (Å²) in [5.41, 5.74) is -0.754. The molecule has 102 valence electrons. The highest BCUT2D eigenvalue weighted by molar-refractivity contribution is 6.38. The summed E-state index contributed by atoms with van der Waals surface area (Å²) in [6.45, 7) is 0. The number of hydrogen-bond acceptors (Lipinski definition) is 1. The molecule has 0 saturated heterocycles. The van der Waals surface area contributed by atoms with Crippen molar-refractivity contribution in [1.82, 2.24) is 9.78 Å². The Morgan fingerprint density at radius 2 is 1.79 bits per heavy atom. The van der Waals surface area contributed by atoms with E-state index in [1.807, 2.05) is 0 Å². The van der Waals surface area contributed by atoms with Gasteiger partial charge in [-0.25, -0.2) is 0 Å². The van der Waals surface area contributed by atoms with Crippen molar-refractivity contribution in [3.63, 3.8) is 0 Å². The van der Waals surface area contributed by atoms with Crippen LogP contribution in [0.4, 0.5) is 13.2 Å². The lowest BCUT2D eigenvalue weighted by atomic mass is 10.1. The molecular weight excluding hydrogens is 323 g/mol. The van der Waals surface area contributed by atoms with Crippen LogP contribution in [0.25, 0.3) is 11.3 Å². The van der Waals surface area contributed by atoms with Crippen molar-refractivity contribution < 1.29 is 13.2 Å². The first kappa shape index (κ1) is 14.5. The molecule has 0 aliphatic heterocycles. The van der Waals surface area contributed by atoms with Gasteiger partial charge in [0.2, 0.25) is 0 Å². The third kappa shape index (κ3) is 2.68. The highest BCUT2D eigenvalue weighted by atomic mass is 35.5. The molecule has 1 aromatic heterocycles. The molecule has 2 aromatic rings. The standard InChI is InChI=1S/C11H6Cl3F3N2/c1-19-10(11(15,16)17)8(14)9(18-19)6-3-2-5(12)4-7(6)13/h2-4H,1H3. The quantitative estimate of drug-likeness (QED) is 0.714. The summed E-state index contributed by atoms with van der Waals surface area (Å²) in [5, 5.41) is 3.84. The van der Waals surface area contributed by atoms with E-state index in [-0.39, 0.29) is 10.7 Å². The van der Waals surface area contributed by atoms with Crippen LogP contribution in [0.2, 0.25) is 15.1 Å². The van der Waals surface area contributed by atoms with Crippen LogP contribution in [0.5, 0.6) is 0 Å². The average Bonchev–Trinajstić information content (AvgIpc) is 2.53. The molecule has 0 unspecified atom stereocenters. The molecule has 0 radical (unpaired) electrons. The van der Waals surface area contributed by atoms with Crippen molar-refractivity contribution in [2.24, 2.45) is 7.05 Å². The lowest BCUT2D eigenvalue weighted by molar-refractivity contribution is -0.143. The lowest BCUT2D eigenvalue weighted by Gasteiger charge is -2.06. The first-order valence-electron chi connectivity index (χ1n) is 4.97. The topological polar surface area (TPSA) is 17.8 Å². The number of benzene rings is 1. The van der Waals surface area contributed by atoms with Crippen molar-refractivity contribution in [1.29, 1.82) is 0 Å². The summed E-state index contributed by atoms with van der Waals surface area (Å²) in [5.74, 6) is 0. The molecule has 0 fully saturated rings. The fourth-order valence-corrected chi connectivity index (χ4v) is 2.53. The van der Waals surface area contributed by atoms with E-state index in [2.05, 4.69) is 5.10 Å². The highest BCUT2D eigenvalue weighted by Gasteiger charge is 2.39. The summed E-state index contributed by atoms with van der Waals surface area (Å²) in [6.07, 6.45) is -4.59. The zero-order chi connectivity index (χ0) is 14.4. The van der Waals surface area contributed by atoms with Crippen LogP contribution in [0.3, 0.4) is 0 Å². The molecule has 19 heavy (non-hydrogen) atoms. The Balaban J connectivity index is 2.65. The van der Waals surface area contributed by atoms with Gasteiger partial charge in [0, 0.05) is 17.6 Å². The number of halogens is 6. The van der Waals surface area contributed by atoms with E-state index in [4.69, 9.17) is 34.8 Å². The molecule has 2 rings (SSSR count). The van der Waals surface area contributed by atoms with E-state index < -0.39 is 16.9 Å². The Hall–Kier alpha value is -0.910. The van der Waals surface area contributed by atoms with Crippen molar-refractivity contribution in [2.75, 3.05) is 0 Å². The van der Waals surface area contributed by atoms with E-state index in [9.17, 15) is 13.2 Å². The first-order chi connectivity index (χ1) is 8.71. The van der Waals surface area contributed by atoms with Gasteiger partial charge in [-0.1, -0.05) is 34.8 Å². The molecule has 2 nitrogen and oxygen atoms in total. The van der Waals surface area contributed by atoms with Gasteiger partial charge >= 0.3 is 6.18 Å². The molecule has 0 spiro atoms. The SMILES string of the molecule is Cn1nc(-c2ccc(Cl)cc2Cl)c(Cl)c1C(F)(F)F. The lowest BCUT2D eigenvalue weighted by Crippen LogP contribution is -2.12. The number of aromatic nitrogens is 2. The zero-order valence-corrected chi connectivity index (χ0v) is 11.7. The summed E-state index contributed by atoms with van der Waals surface area (Å²) >= 11 is 17.4. The van der Waals surface area contributed by atoms with Gasteiger partial charge in [-0.05, 0) is 18.2 Å². The third-order valence-corrected chi connectivity index (χ3v) is 3.35. The number of alkyl halides is 3. The number of rotatable bonds is 1. The van der Waals surface area contributed by atoms with Crippen molar-refractivity contribution >= 4 is 34.8 Å². The molecule has 0 aliphatic rings. The Morgan fingerprint density at radius 1 is 1.16 bits per heavy atom. The van der Waals surface area contributed by atoms with Crippen LogP contribution in [0.1, 0.15) is 5.69 Å². The predicted molar refractivity (Wildman–Crippen MR) is 68.7 cm³/mol. The summed E-state index contributed by atoms with van der Waals surface area (Å²) in [7, 11) is 1.17. The molecule has 0 bridgehead atoms. The maximum absolute atomic E-state index is 12.8. The van der Waals surface area contributed by atoms with Gasteiger partial charge in [0.05, 0.1) is 10.0 Å². The smallest absolute Gasteiger partial charge is 0.262 e. The fourth-order valence-electron chi connectivity index (χ4n) is 1.66. The zero-order valence-electron chi connectivity index (χ0n) is 9.39. The van der Waals surface area contributed by atoms with E-state index in [0.717, 1.165) is 0 Å². The summed E-state index contributed by atoms with van der Waals surface area (Å²) < 4.78 is 39.1. The number of aryl methyl sites for hydroxylation is 1. The molecule has 1 aromatic carbocycles. The Kier molecular flexibility index (Phi) is 3.73. The van der Waals surface area contributed by atoms with Crippen LogP contribution >= 0.6 is 34.8 Å². The minimum atomic E-state index is -4.59. The number of nitrogens with zero attached hydrogens (tertiary/aromatic N) is 2. The normalized spacial score (nSPS) is 11.9. The predicted octanol–water partition coefficient (Wildman–Crippen LogP) is 5.07. The Labute approximate surface area is 121 Å². The molecular formula is C11H6Cl3F3N2. The maximum Gasteiger partial charge on any atom is 0.434 e. The first-order valence-corrected chi connectivity index (χ1v) is 6.10. The number of hydrogen-bond donors (Lipinski definition) is 0. The van der Waals surface area contributed by atoms with Gasteiger partial charge in [0.25, 0.3) is 0 Å². The van der Waals surface area contributed by atoms with E-state index in [1.165, 1.54) is 25.2 Å². The second-order valence-electron chi connectivity index (χ2n) is 3.76. The van der Waals surface area contributed by atoms with Gasteiger partial charge in [-0.15, -0.1) is 0 Å². The molecule has 0 atom stereocenters. The molecule has 0 aliphatic carbocycles. The van der Waals surface area contributed by atoms with Crippen LogP contribution in [-0.2, 0) is 13.2 Å². The van der Waals surface area contributed by atoms with Crippen molar-refractivity contribution in [2.45, 2.75) is 6.18 Å².